The van der Waals surface area contributed by atoms with Gasteiger partial charge in [-0.1, -0.05) is 12.1 Å². The third-order valence-corrected chi connectivity index (χ3v) is 3.59. The van der Waals surface area contributed by atoms with E-state index in [-0.39, 0.29) is 11.7 Å². The van der Waals surface area contributed by atoms with Gasteiger partial charge in [0, 0.05) is 28.3 Å². The fraction of sp³-hybridized carbons (Fsp3) is 0.143. The van der Waals surface area contributed by atoms with Gasteiger partial charge in [0.25, 0.3) is 0 Å². The summed E-state index contributed by atoms with van der Waals surface area (Å²) in [5.41, 5.74) is 1.24. The highest BCUT2D eigenvalue weighted by atomic mass is 79.9. The minimum atomic E-state index is -0.399. The number of Topliss-reactive ketones (excluding diaryl/α,β-unsaturated/α-hetero) is 1. The molecule has 0 bridgehead atoms. The van der Waals surface area contributed by atoms with Crippen molar-refractivity contribution in [1.29, 1.82) is 0 Å². The van der Waals surface area contributed by atoms with E-state index in [2.05, 4.69) is 26.2 Å². The van der Waals surface area contributed by atoms with Gasteiger partial charge >= 0.3 is 0 Å². The van der Waals surface area contributed by atoms with Crippen LogP contribution in [0.2, 0.25) is 0 Å². The lowest BCUT2D eigenvalue weighted by Crippen LogP contribution is -2.15. The molecule has 0 amide bonds. The highest BCUT2D eigenvalue weighted by molar-refractivity contribution is 9.10. The third kappa shape index (κ3) is 2.26. The number of nitrogens with one attached hydrogen (secondary N) is 1. The second kappa shape index (κ2) is 4.74. The number of hydrogen-bond donors (Lipinski definition) is 1. The van der Waals surface area contributed by atoms with Crippen molar-refractivity contribution in [1.82, 2.24) is 4.98 Å². The van der Waals surface area contributed by atoms with Crippen molar-refractivity contribution in [2.75, 3.05) is 11.9 Å². The summed E-state index contributed by atoms with van der Waals surface area (Å²) in [6.45, 7) is 0.494. The number of nitrogens with zero attached hydrogens (tertiary/aromatic N) is 1. The van der Waals surface area contributed by atoms with E-state index in [9.17, 15) is 9.18 Å². The van der Waals surface area contributed by atoms with Crippen LogP contribution < -0.4 is 5.32 Å². The van der Waals surface area contributed by atoms with Crippen molar-refractivity contribution in [2.24, 2.45) is 0 Å². The first kappa shape index (κ1) is 12.3. The molecule has 1 aliphatic heterocycles. The lowest BCUT2D eigenvalue weighted by Gasteiger charge is -2.09. The fourth-order valence-corrected chi connectivity index (χ4v) is 2.60. The molecule has 3 rings (SSSR count). The number of rotatable bonds is 2. The highest BCUT2D eigenvalue weighted by Crippen LogP contribution is 2.33. The van der Waals surface area contributed by atoms with E-state index in [0.717, 1.165) is 15.9 Å². The average Bonchev–Trinajstić information content (AvgIpc) is 2.80. The molecule has 0 saturated carbocycles. The van der Waals surface area contributed by atoms with Gasteiger partial charge in [0.15, 0.2) is 5.78 Å². The quantitative estimate of drug-likeness (QED) is 0.862. The maximum Gasteiger partial charge on any atom is 0.172 e. The standard InChI is InChI=1S/C14H10BrFN2O/c15-9-5-11-12(7-18-14(11)17-6-9)13(19)8-2-1-3-10(16)4-8/h1-6,12H,7H2,(H,17,18). The van der Waals surface area contributed by atoms with Crippen LogP contribution in [0.25, 0.3) is 0 Å². The van der Waals surface area contributed by atoms with E-state index in [1.165, 1.54) is 12.1 Å². The fourth-order valence-electron chi connectivity index (χ4n) is 2.25. The Bertz CT molecular complexity index is 660. The molecule has 0 spiro atoms. The van der Waals surface area contributed by atoms with Crippen LogP contribution in [0.4, 0.5) is 10.2 Å². The summed E-state index contributed by atoms with van der Waals surface area (Å²) in [7, 11) is 0. The molecule has 5 heteroatoms. The number of carbonyl (C=O) groups excluding carboxylic acids is 1. The van der Waals surface area contributed by atoms with Gasteiger partial charge < -0.3 is 5.32 Å². The Morgan fingerprint density at radius 3 is 3.05 bits per heavy atom. The Balaban J connectivity index is 1.97. The Morgan fingerprint density at radius 1 is 1.42 bits per heavy atom. The van der Waals surface area contributed by atoms with Crippen molar-refractivity contribution in [3.05, 3.63) is 57.9 Å². The molecule has 0 aliphatic carbocycles. The number of carbonyl (C=O) groups is 1. The van der Waals surface area contributed by atoms with Crippen LogP contribution in [0.1, 0.15) is 21.8 Å². The first-order chi connectivity index (χ1) is 9.15. The van der Waals surface area contributed by atoms with Crippen LogP contribution in [0, 0.1) is 5.82 Å². The topological polar surface area (TPSA) is 42.0 Å². The normalized spacial score (nSPS) is 16.8. The molecular formula is C14H10BrFN2O. The van der Waals surface area contributed by atoms with E-state index in [4.69, 9.17) is 0 Å². The number of hydrogen-bond acceptors (Lipinski definition) is 3. The van der Waals surface area contributed by atoms with Crippen LogP contribution >= 0.6 is 15.9 Å². The van der Waals surface area contributed by atoms with Crippen LogP contribution in [-0.2, 0) is 0 Å². The Hall–Kier alpha value is -1.75. The molecule has 2 heterocycles. The summed E-state index contributed by atoms with van der Waals surface area (Å²) in [4.78, 5) is 16.6. The lowest BCUT2D eigenvalue weighted by molar-refractivity contribution is 0.0966. The van der Waals surface area contributed by atoms with Crippen LogP contribution in [0.3, 0.4) is 0 Å². The van der Waals surface area contributed by atoms with E-state index < -0.39 is 5.82 Å². The number of benzene rings is 1. The summed E-state index contributed by atoms with van der Waals surface area (Å²) in [6, 6.07) is 7.66. The second-order valence-corrected chi connectivity index (χ2v) is 5.32. The minimum Gasteiger partial charge on any atom is -0.369 e. The Labute approximate surface area is 118 Å². The predicted octanol–water partition coefficient (Wildman–Crippen LogP) is 3.38. The Morgan fingerprint density at radius 2 is 2.26 bits per heavy atom. The highest BCUT2D eigenvalue weighted by Gasteiger charge is 2.30. The van der Waals surface area contributed by atoms with Gasteiger partial charge in [-0.3, -0.25) is 4.79 Å². The maximum atomic E-state index is 13.2. The van der Waals surface area contributed by atoms with Crippen molar-refractivity contribution < 1.29 is 9.18 Å². The van der Waals surface area contributed by atoms with Gasteiger partial charge in [-0.25, -0.2) is 9.37 Å². The SMILES string of the molecule is O=C(c1cccc(F)c1)C1CNc2ncc(Br)cc21. The summed E-state index contributed by atoms with van der Waals surface area (Å²) in [6.07, 6.45) is 1.68. The van der Waals surface area contributed by atoms with Crippen LogP contribution in [0.5, 0.6) is 0 Å². The molecule has 0 saturated heterocycles. The zero-order valence-corrected chi connectivity index (χ0v) is 11.4. The lowest BCUT2D eigenvalue weighted by atomic mass is 9.93. The maximum absolute atomic E-state index is 13.2. The first-order valence-corrected chi connectivity index (χ1v) is 6.63. The van der Waals surface area contributed by atoms with Gasteiger partial charge in [-0.15, -0.1) is 0 Å². The third-order valence-electron chi connectivity index (χ3n) is 3.16. The number of anilines is 1. The molecule has 2 aromatic rings. The smallest absolute Gasteiger partial charge is 0.172 e. The molecule has 96 valence electrons. The van der Waals surface area contributed by atoms with Crippen molar-refractivity contribution in [3.63, 3.8) is 0 Å². The zero-order chi connectivity index (χ0) is 13.4. The van der Waals surface area contributed by atoms with Crippen molar-refractivity contribution in [2.45, 2.75) is 5.92 Å². The molecule has 1 aromatic carbocycles. The zero-order valence-electron chi connectivity index (χ0n) is 9.86. The van der Waals surface area contributed by atoms with Gasteiger partial charge in [0.1, 0.15) is 11.6 Å². The molecule has 1 aromatic heterocycles. The molecule has 1 aliphatic rings. The summed E-state index contributed by atoms with van der Waals surface area (Å²) in [5, 5.41) is 3.10. The first-order valence-electron chi connectivity index (χ1n) is 5.84. The van der Waals surface area contributed by atoms with Crippen LogP contribution in [0.15, 0.2) is 41.0 Å². The Kier molecular flexibility index (Phi) is 3.06. The van der Waals surface area contributed by atoms with E-state index in [1.54, 1.807) is 18.3 Å². The number of halogens is 2. The average molecular weight is 321 g/mol. The van der Waals surface area contributed by atoms with E-state index >= 15 is 0 Å². The van der Waals surface area contributed by atoms with Crippen LogP contribution in [-0.4, -0.2) is 17.3 Å². The second-order valence-electron chi connectivity index (χ2n) is 4.40. The van der Waals surface area contributed by atoms with Crippen molar-refractivity contribution in [3.8, 4) is 0 Å². The number of fused-ring (bicyclic) bond motifs is 1. The molecule has 1 unspecified atom stereocenters. The van der Waals surface area contributed by atoms with Gasteiger partial charge in [0.05, 0.1) is 5.92 Å². The monoisotopic (exact) mass is 320 g/mol. The number of ketones is 1. The van der Waals surface area contributed by atoms with Gasteiger partial charge in [-0.05, 0) is 34.1 Å². The summed E-state index contributed by atoms with van der Waals surface area (Å²) in [5.74, 6) is -0.0881. The molecule has 0 radical (unpaired) electrons. The van der Waals surface area contributed by atoms with Gasteiger partial charge in [0.2, 0.25) is 0 Å². The molecule has 1 atom stereocenters. The van der Waals surface area contributed by atoms with E-state index in [1.807, 2.05) is 6.07 Å². The number of aromatic nitrogens is 1. The molecule has 1 N–H and O–H groups in total. The van der Waals surface area contributed by atoms with Gasteiger partial charge in [-0.2, -0.15) is 0 Å². The van der Waals surface area contributed by atoms with Crippen molar-refractivity contribution >= 4 is 27.5 Å². The largest absolute Gasteiger partial charge is 0.369 e. The predicted molar refractivity (Wildman–Crippen MR) is 73.9 cm³/mol. The minimum absolute atomic E-state index is 0.0920. The molecule has 0 fully saturated rings. The summed E-state index contributed by atoms with van der Waals surface area (Å²) >= 11 is 3.35. The summed E-state index contributed by atoms with van der Waals surface area (Å²) < 4.78 is 14.0. The van der Waals surface area contributed by atoms with E-state index in [0.29, 0.717) is 12.1 Å². The molecular weight excluding hydrogens is 311 g/mol. The molecule has 19 heavy (non-hydrogen) atoms. The molecule has 3 nitrogen and oxygen atoms in total. The number of pyridine rings is 1.